The van der Waals surface area contributed by atoms with Crippen molar-refractivity contribution in [2.24, 2.45) is 0 Å². The van der Waals surface area contributed by atoms with Crippen LogP contribution in [-0.4, -0.2) is 23.5 Å². The molecule has 0 spiro atoms. The highest BCUT2D eigenvalue weighted by Gasteiger charge is 2.28. The zero-order valence-electron chi connectivity index (χ0n) is 12.4. The Morgan fingerprint density at radius 1 is 1.53 bits per heavy atom. The topological polar surface area (TPSA) is 28.4 Å². The summed E-state index contributed by atoms with van der Waals surface area (Å²) in [5, 5.41) is 3.44. The van der Waals surface area contributed by atoms with E-state index in [0.717, 1.165) is 37.2 Å². The van der Waals surface area contributed by atoms with Gasteiger partial charge in [-0.1, -0.05) is 19.9 Å². The Labute approximate surface area is 116 Å². The molecule has 0 unspecified atom stereocenters. The van der Waals surface area contributed by atoms with Gasteiger partial charge in [0.25, 0.3) is 0 Å². The average Bonchev–Trinajstić information content (AvgIpc) is 3.12. The SMILES string of the molecule is C=CCN(Cc1cc(CNC(C)C)c(C)o1)C1CC1. The van der Waals surface area contributed by atoms with Gasteiger partial charge in [0.05, 0.1) is 6.54 Å². The van der Waals surface area contributed by atoms with Crippen LogP contribution < -0.4 is 5.32 Å². The van der Waals surface area contributed by atoms with E-state index in [9.17, 15) is 0 Å². The minimum atomic E-state index is 0.501. The number of furan rings is 1. The molecular formula is C16H26N2O. The van der Waals surface area contributed by atoms with Crippen molar-refractivity contribution in [3.63, 3.8) is 0 Å². The maximum atomic E-state index is 5.89. The second-order valence-electron chi connectivity index (χ2n) is 5.78. The highest BCUT2D eigenvalue weighted by atomic mass is 16.3. The summed E-state index contributed by atoms with van der Waals surface area (Å²) < 4.78 is 5.89. The molecule has 19 heavy (non-hydrogen) atoms. The first-order valence-corrected chi connectivity index (χ1v) is 7.26. The molecule has 0 atom stereocenters. The van der Waals surface area contributed by atoms with E-state index in [4.69, 9.17) is 4.42 Å². The van der Waals surface area contributed by atoms with Crippen LogP contribution in [0.3, 0.4) is 0 Å². The first-order chi connectivity index (χ1) is 9.10. The molecule has 1 saturated carbocycles. The molecular weight excluding hydrogens is 236 g/mol. The van der Waals surface area contributed by atoms with Crippen LogP contribution in [0.4, 0.5) is 0 Å². The van der Waals surface area contributed by atoms with Crippen molar-refractivity contribution in [2.75, 3.05) is 6.54 Å². The van der Waals surface area contributed by atoms with E-state index < -0.39 is 0 Å². The number of hydrogen-bond acceptors (Lipinski definition) is 3. The van der Waals surface area contributed by atoms with Crippen molar-refractivity contribution >= 4 is 0 Å². The molecule has 1 aliphatic rings. The van der Waals surface area contributed by atoms with Gasteiger partial charge in [0.15, 0.2) is 0 Å². The third kappa shape index (κ3) is 4.22. The van der Waals surface area contributed by atoms with Crippen LogP contribution in [0.25, 0.3) is 0 Å². The van der Waals surface area contributed by atoms with Gasteiger partial charge in [-0.3, -0.25) is 4.90 Å². The van der Waals surface area contributed by atoms with E-state index in [1.54, 1.807) is 0 Å². The third-order valence-electron chi connectivity index (χ3n) is 3.56. The summed E-state index contributed by atoms with van der Waals surface area (Å²) in [5.41, 5.74) is 1.28. The lowest BCUT2D eigenvalue weighted by molar-refractivity contribution is 0.256. The summed E-state index contributed by atoms with van der Waals surface area (Å²) in [6.07, 6.45) is 4.61. The summed E-state index contributed by atoms with van der Waals surface area (Å²) in [6.45, 7) is 13.0. The van der Waals surface area contributed by atoms with Crippen molar-refractivity contribution in [1.82, 2.24) is 10.2 Å². The summed E-state index contributed by atoms with van der Waals surface area (Å²) in [4.78, 5) is 2.45. The Morgan fingerprint density at radius 3 is 2.84 bits per heavy atom. The molecule has 3 nitrogen and oxygen atoms in total. The number of hydrogen-bond donors (Lipinski definition) is 1. The first kappa shape index (κ1) is 14.4. The van der Waals surface area contributed by atoms with Crippen molar-refractivity contribution in [3.05, 3.63) is 35.8 Å². The predicted molar refractivity (Wildman–Crippen MR) is 79.0 cm³/mol. The molecule has 0 radical (unpaired) electrons. The summed E-state index contributed by atoms with van der Waals surface area (Å²) >= 11 is 0. The maximum Gasteiger partial charge on any atom is 0.118 e. The van der Waals surface area contributed by atoms with E-state index in [1.807, 2.05) is 6.08 Å². The van der Waals surface area contributed by atoms with Crippen molar-refractivity contribution in [3.8, 4) is 0 Å². The Hall–Kier alpha value is -1.06. The quantitative estimate of drug-likeness (QED) is 0.729. The van der Waals surface area contributed by atoms with Gasteiger partial charge in [0.1, 0.15) is 11.5 Å². The third-order valence-corrected chi connectivity index (χ3v) is 3.56. The highest BCUT2D eigenvalue weighted by Crippen LogP contribution is 2.29. The molecule has 1 aromatic heterocycles. The molecule has 1 fully saturated rings. The summed E-state index contributed by atoms with van der Waals surface area (Å²) in [7, 11) is 0. The number of nitrogens with zero attached hydrogens (tertiary/aromatic N) is 1. The van der Waals surface area contributed by atoms with Crippen LogP contribution in [0.1, 0.15) is 43.8 Å². The second-order valence-corrected chi connectivity index (χ2v) is 5.78. The molecule has 106 valence electrons. The molecule has 0 bridgehead atoms. The summed E-state index contributed by atoms with van der Waals surface area (Å²) in [5.74, 6) is 2.12. The van der Waals surface area contributed by atoms with Gasteiger partial charge >= 0.3 is 0 Å². The minimum absolute atomic E-state index is 0.501. The molecule has 0 saturated heterocycles. The zero-order valence-corrected chi connectivity index (χ0v) is 12.4. The van der Waals surface area contributed by atoms with E-state index >= 15 is 0 Å². The molecule has 1 N–H and O–H groups in total. The van der Waals surface area contributed by atoms with Crippen LogP contribution in [0.5, 0.6) is 0 Å². The lowest BCUT2D eigenvalue weighted by Gasteiger charge is -2.18. The molecule has 1 heterocycles. The fourth-order valence-electron chi connectivity index (χ4n) is 2.30. The Kier molecular flexibility index (Phi) is 4.83. The van der Waals surface area contributed by atoms with E-state index in [0.29, 0.717) is 6.04 Å². The smallest absolute Gasteiger partial charge is 0.118 e. The van der Waals surface area contributed by atoms with Crippen molar-refractivity contribution in [1.29, 1.82) is 0 Å². The fourth-order valence-corrected chi connectivity index (χ4v) is 2.30. The van der Waals surface area contributed by atoms with Crippen molar-refractivity contribution in [2.45, 2.75) is 58.8 Å². The van der Waals surface area contributed by atoms with Crippen LogP contribution in [0, 0.1) is 6.92 Å². The molecule has 0 aliphatic heterocycles. The maximum absolute atomic E-state index is 5.89. The fraction of sp³-hybridized carbons (Fsp3) is 0.625. The highest BCUT2D eigenvalue weighted by molar-refractivity contribution is 5.21. The number of nitrogens with one attached hydrogen (secondary N) is 1. The zero-order chi connectivity index (χ0) is 13.8. The number of aryl methyl sites for hydroxylation is 1. The lowest BCUT2D eigenvalue weighted by Crippen LogP contribution is -2.25. The molecule has 1 aliphatic carbocycles. The normalized spacial score (nSPS) is 15.4. The molecule has 3 heteroatoms. The Bertz CT molecular complexity index is 418. The lowest BCUT2D eigenvalue weighted by atomic mass is 10.2. The van der Waals surface area contributed by atoms with Crippen LogP contribution >= 0.6 is 0 Å². The first-order valence-electron chi connectivity index (χ1n) is 7.26. The Balaban J connectivity index is 1.96. The van der Waals surface area contributed by atoms with E-state index in [2.05, 4.69) is 43.6 Å². The van der Waals surface area contributed by atoms with Gasteiger partial charge in [-0.2, -0.15) is 0 Å². The van der Waals surface area contributed by atoms with Crippen molar-refractivity contribution < 1.29 is 4.42 Å². The molecule has 1 aromatic rings. The van der Waals surface area contributed by atoms with Gasteiger partial charge < -0.3 is 9.73 Å². The van der Waals surface area contributed by atoms with Gasteiger partial charge in [-0.15, -0.1) is 6.58 Å². The Morgan fingerprint density at radius 2 is 2.26 bits per heavy atom. The summed E-state index contributed by atoms with van der Waals surface area (Å²) in [6, 6.07) is 3.44. The van der Waals surface area contributed by atoms with Gasteiger partial charge in [-0.25, -0.2) is 0 Å². The molecule has 0 amide bonds. The average molecular weight is 262 g/mol. The monoisotopic (exact) mass is 262 g/mol. The van der Waals surface area contributed by atoms with Gasteiger partial charge in [0.2, 0.25) is 0 Å². The van der Waals surface area contributed by atoms with Crippen LogP contribution in [0.15, 0.2) is 23.1 Å². The van der Waals surface area contributed by atoms with Gasteiger partial charge in [0, 0.05) is 30.7 Å². The van der Waals surface area contributed by atoms with E-state index in [-0.39, 0.29) is 0 Å². The second kappa shape index (κ2) is 6.40. The van der Waals surface area contributed by atoms with Gasteiger partial charge in [-0.05, 0) is 25.8 Å². The minimum Gasteiger partial charge on any atom is -0.465 e. The molecule has 2 rings (SSSR count). The number of rotatable bonds is 8. The largest absolute Gasteiger partial charge is 0.465 e. The standard InChI is InChI=1S/C16H26N2O/c1-5-8-18(15-6-7-15)11-16-9-14(13(4)19-16)10-17-12(2)3/h5,9,12,15,17H,1,6-8,10-11H2,2-4H3. The predicted octanol–water partition coefficient (Wildman–Crippen LogP) is 3.24. The van der Waals surface area contributed by atoms with Crippen LogP contribution in [-0.2, 0) is 13.1 Å². The molecule has 0 aromatic carbocycles. The van der Waals surface area contributed by atoms with E-state index in [1.165, 1.54) is 18.4 Å². The van der Waals surface area contributed by atoms with Crippen LogP contribution in [0.2, 0.25) is 0 Å².